The zero-order valence-corrected chi connectivity index (χ0v) is 13.6. The van der Waals surface area contributed by atoms with E-state index in [0.29, 0.717) is 0 Å². The molecule has 1 heterocycles. The van der Waals surface area contributed by atoms with Crippen LogP contribution in [0.5, 0.6) is 0 Å². The van der Waals surface area contributed by atoms with Crippen molar-refractivity contribution >= 4 is 17.3 Å². The number of guanidine groups is 1. The molecule has 1 aliphatic heterocycles. The normalized spacial score (nSPS) is 13.8. The van der Waals surface area contributed by atoms with Crippen LogP contribution in [0.25, 0.3) is 0 Å². The number of benzene rings is 2. The molecule has 4 heteroatoms. The highest BCUT2D eigenvalue weighted by atomic mass is 15.3. The lowest BCUT2D eigenvalue weighted by Gasteiger charge is -2.22. The molecule has 4 nitrogen and oxygen atoms in total. The molecule has 0 spiro atoms. The molecule has 2 aromatic carbocycles. The van der Waals surface area contributed by atoms with Gasteiger partial charge >= 0.3 is 0 Å². The summed E-state index contributed by atoms with van der Waals surface area (Å²) in [6.45, 7) is 2.86. The Hall–Kier alpha value is -2.49. The lowest BCUT2D eigenvalue weighted by Crippen LogP contribution is -2.41. The fourth-order valence-corrected chi connectivity index (χ4v) is 2.93. The second-order valence-electron chi connectivity index (χ2n) is 5.65. The van der Waals surface area contributed by atoms with Gasteiger partial charge in [-0.1, -0.05) is 36.4 Å². The first kappa shape index (κ1) is 15.4. The minimum absolute atomic E-state index is 0.908. The molecular formula is C19H24N4. The molecule has 23 heavy (non-hydrogen) atoms. The van der Waals surface area contributed by atoms with Gasteiger partial charge < -0.3 is 15.5 Å². The summed E-state index contributed by atoms with van der Waals surface area (Å²) in [5.41, 5.74) is 3.86. The van der Waals surface area contributed by atoms with Gasteiger partial charge in [-0.05, 0) is 36.6 Å². The van der Waals surface area contributed by atoms with Gasteiger partial charge in [-0.3, -0.25) is 4.99 Å². The van der Waals surface area contributed by atoms with Crippen molar-refractivity contribution in [3.05, 3.63) is 60.2 Å². The Labute approximate surface area is 138 Å². The van der Waals surface area contributed by atoms with Crippen LogP contribution < -0.4 is 15.5 Å². The largest absolute Gasteiger partial charge is 0.385 e. The third kappa shape index (κ3) is 3.83. The van der Waals surface area contributed by atoms with Crippen molar-refractivity contribution in [3.63, 3.8) is 0 Å². The zero-order valence-electron chi connectivity index (χ0n) is 13.6. The van der Waals surface area contributed by atoms with Crippen molar-refractivity contribution in [2.45, 2.75) is 12.8 Å². The number of anilines is 2. The first-order valence-electron chi connectivity index (χ1n) is 8.23. The molecule has 0 saturated heterocycles. The monoisotopic (exact) mass is 308 g/mol. The van der Waals surface area contributed by atoms with Crippen LogP contribution in [0.15, 0.2) is 59.6 Å². The number of aliphatic imine (C=N–C) groups is 1. The highest BCUT2D eigenvalue weighted by Crippen LogP contribution is 2.27. The molecule has 0 atom stereocenters. The van der Waals surface area contributed by atoms with Crippen molar-refractivity contribution in [2.24, 2.45) is 4.99 Å². The molecular weight excluding hydrogens is 284 g/mol. The maximum atomic E-state index is 4.44. The van der Waals surface area contributed by atoms with Crippen molar-refractivity contribution in [1.82, 2.24) is 5.32 Å². The van der Waals surface area contributed by atoms with Crippen molar-refractivity contribution < 1.29 is 0 Å². The Balaban J connectivity index is 1.46. The molecule has 0 aliphatic carbocycles. The van der Waals surface area contributed by atoms with Crippen LogP contribution in [0.3, 0.4) is 0 Å². The summed E-state index contributed by atoms with van der Waals surface area (Å²) in [5, 5.41) is 6.90. The SMILES string of the molecule is CN=C(NCCCNc1ccccc1)N1CCc2ccccc21. The topological polar surface area (TPSA) is 39.7 Å². The summed E-state index contributed by atoms with van der Waals surface area (Å²) in [4.78, 5) is 6.71. The Kier molecular flexibility index (Phi) is 5.14. The highest BCUT2D eigenvalue weighted by molar-refractivity contribution is 5.97. The van der Waals surface area contributed by atoms with Gasteiger partial charge in [0.05, 0.1) is 0 Å². The third-order valence-electron chi connectivity index (χ3n) is 4.09. The number of hydrogen-bond donors (Lipinski definition) is 2. The molecule has 0 saturated carbocycles. The summed E-state index contributed by atoms with van der Waals surface area (Å²) in [7, 11) is 1.85. The summed E-state index contributed by atoms with van der Waals surface area (Å²) in [5.74, 6) is 0.967. The highest BCUT2D eigenvalue weighted by Gasteiger charge is 2.21. The van der Waals surface area contributed by atoms with Gasteiger partial charge in [-0.25, -0.2) is 0 Å². The maximum absolute atomic E-state index is 4.44. The Bertz CT molecular complexity index is 651. The van der Waals surface area contributed by atoms with Crippen molar-refractivity contribution in [2.75, 3.05) is 36.9 Å². The second kappa shape index (κ2) is 7.68. The van der Waals surface area contributed by atoms with E-state index < -0.39 is 0 Å². The molecule has 120 valence electrons. The van der Waals surface area contributed by atoms with E-state index in [1.165, 1.54) is 16.9 Å². The van der Waals surface area contributed by atoms with Crippen LogP contribution in [0.2, 0.25) is 0 Å². The molecule has 0 bridgehead atoms. The van der Waals surface area contributed by atoms with E-state index in [1.807, 2.05) is 25.2 Å². The first-order chi connectivity index (χ1) is 11.4. The van der Waals surface area contributed by atoms with E-state index in [4.69, 9.17) is 0 Å². The molecule has 2 N–H and O–H groups in total. The Morgan fingerprint density at radius 3 is 2.65 bits per heavy atom. The fourth-order valence-electron chi connectivity index (χ4n) is 2.93. The number of nitrogens with zero attached hydrogens (tertiary/aromatic N) is 2. The number of fused-ring (bicyclic) bond motifs is 1. The van der Waals surface area contributed by atoms with Crippen molar-refractivity contribution in [1.29, 1.82) is 0 Å². The number of rotatable bonds is 5. The molecule has 0 unspecified atom stereocenters. The fraction of sp³-hybridized carbons (Fsp3) is 0.316. The smallest absolute Gasteiger partial charge is 0.198 e. The van der Waals surface area contributed by atoms with Crippen LogP contribution in [-0.4, -0.2) is 32.6 Å². The van der Waals surface area contributed by atoms with Crippen LogP contribution in [0, 0.1) is 0 Å². The van der Waals surface area contributed by atoms with Crippen LogP contribution in [0.4, 0.5) is 11.4 Å². The van der Waals surface area contributed by atoms with Gasteiger partial charge in [-0.15, -0.1) is 0 Å². The van der Waals surface area contributed by atoms with Gasteiger partial charge in [0.15, 0.2) is 5.96 Å². The number of para-hydroxylation sites is 2. The van der Waals surface area contributed by atoms with Crippen LogP contribution in [-0.2, 0) is 6.42 Å². The van der Waals surface area contributed by atoms with Gasteiger partial charge in [0.25, 0.3) is 0 Å². The van der Waals surface area contributed by atoms with Crippen LogP contribution in [0.1, 0.15) is 12.0 Å². The summed E-state index contributed by atoms with van der Waals surface area (Å²) in [6.07, 6.45) is 2.13. The van der Waals surface area contributed by atoms with E-state index in [9.17, 15) is 0 Å². The molecule has 1 aliphatic rings. The van der Waals surface area contributed by atoms with E-state index in [0.717, 1.165) is 38.4 Å². The zero-order chi connectivity index (χ0) is 15.9. The minimum atomic E-state index is 0.908. The number of nitrogens with one attached hydrogen (secondary N) is 2. The predicted molar refractivity (Wildman–Crippen MR) is 98.4 cm³/mol. The van der Waals surface area contributed by atoms with Gasteiger partial charge in [0, 0.05) is 38.1 Å². The molecule has 0 radical (unpaired) electrons. The van der Waals surface area contributed by atoms with E-state index in [-0.39, 0.29) is 0 Å². The van der Waals surface area contributed by atoms with E-state index in [1.54, 1.807) is 0 Å². The Morgan fingerprint density at radius 2 is 1.83 bits per heavy atom. The second-order valence-corrected chi connectivity index (χ2v) is 5.65. The predicted octanol–water partition coefficient (Wildman–Crippen LogP) is 3.13. The summed E-state index contributed by atoms with van der Waals surface area (Å²) in [6, 6.07) is 18.9. The van der Waals surface area contributed by atoms with E-state index in [2.05, 4.69) is 56.9 Å². The first-order valence-corrected chi connectivity index (χ1v) is 8.23. The van der Waals surface area contributed by atoms with Gasteiger partial charge in [0.1, 0.15) is 0 Å². The maximum Gasteiger partial charge on any atom is 0.198 e. The molecule has 2 aromatic rings. The lowest BCUT2D eigenvalue weighted by molar-refractivity contribution is 0.788. The quantitative estimate of drug-likeness (QED) is 0.506. The summed E-state index contributed by atoms with van der Waals surface area (Å²) < 4.78 is 0. The average molecular weight is 308 g/mol. The number of hydrogen-bond acceptors (Lipinski definition) is 2. The van der Waals surface area contributed by atoms with Gasteiger partial charge in [0.2, 0.25) is 0 Å². The molecule has 0 aromatic heterocycles. The third-order valence-corrected chi connectivity index (χ3v) is 4.09. The lowest BCUT2D eigenvalue weighted by atomic mass is 10.2. The molecule has 0 amide bonds. The van der Waals surface area contributed by atoms with Gasteiger partial charge in [-0.2, -0.15) is 0 Å². The minimum Gasteiger partial charge on any atom is -0.385 e. The molecule has 3 rings (SSSR count). The van der Waals surface area contributed by atoms with Crippen molar-refractivity contribution in [3.8, 4) is 0 Å². The summed E-state index contributed by atoms with van der Waals surface area (Å²) >= 11 is 0. The standard InChI is InChI=1S/C19H24N4/c1-20-19(23-15-12-16-8-5-6-11-18(16)23)22-14-7-13-21-17-9-3-2-4-10-17/h2-6,8-11,21H,7,12-15H2,1H3,(H,20,22). The Morgan fingerprint density at radius 1 is 1.04 bits per heavy atom. The average Bonchev–Trinajstić information content (AvgIpc) is 3.03. The molecule has 0 fully saturated rings. The van der Waals surface area contributed by atoms with E-state index >= 15 is 0 Å². The van der Waals surface area contributed by atoms with Crippen LogP contribution >= 0.6 is 0 Å².